The first-order valence-electron chi connectivity index (χ1n) is 11.1. The summed E-state index contributed by atoms with van der Waals surface area (Å²) in [5.41, 5.74) is 2.22. The van der Waals surface area contributed by atoms with Gasteiger partial charge in [-0.15, -0.1) is 0 Å². The van der Waals surface area contributed by atoms with E-state index in [1.165, 1.54) is 43.1 Å². The Morgan fingerprint density at radius 2 is 1.75 bits per heavy atom. The van der Waals surface area contributed by atoms with Crippen LogP contribution in [0, 0.1) is 5.82 Å². The molecule has 2 aromatic carbocycles. The summed E-state index contributed by atoms with van der Waals surface area (Å²) >= 11 is 0. The van der Waals surface area contributed by atoms with Crippen LogP contribution in [0.5, 0.6) is 0 Å². The molecule has 1 amide bonds. The summed E-state index contributed by atoms with van der Waals surface area (Å²) in [6.07, 6.45) is 5.21. The van der Waals surface area contributed by atoms with E-state index in [4.69, 9.17) is 0 Å². The van der Waals surface area contributed by atoms with Crippen molar-refractivity contribution >= 4 is 27.3 Å². The number of hydrogen-bond donors (Lipinski definition) is 1. The van der Waals surface area contributed by atoms with Crippen molar-refractivity contribution in [1.29, 1.82) is 0 Å². The number of anilines is 2. The molecule has 8 heteroatoms. The number of benzene rings is 2. The Morgan fingerprint density at radius 3 is 2.38 bits per heavy atom. The number of piperidine rings is 1. The van der Waals surface area contributed by atoms with Gasteiger partial charge < -0.3 is 10.2 Å². The molecule has 32 heavy (non-hydrogen) atoms. The predicted octanol–water partition coefficient (Wildman–Crippen LogP) is 4.24. The van der Waals surface area contributed by atoms with Crippen molar-refractivity contribution < 1.29 is 17.6 Å². The fourth-order valence-electron chi connectivity index (χ4n) is 4.03. The highest BCUT2D eigenvalue weighted by Crippen LogP contribution is 2.23. The Balaban J connectivity index is 1.52. The van der Waals surface area contributed by atoms with Crippen molar-refractivity contribution in [1.82, 2.24) is 5.32 Å². The first kappa shape index (κ1) is 24.0. The lowest BCUT2D eigenvalue weighted by atomic mass is 10.1. The summed E-state index contributed by atoms with van der Waals surface area (Å²) in [4.78, 5) is 14.8. The molecule has 174 valence electrons. The molecular weight excluding hydrogens is 429 g/mol. The quantitative estimate of drug-likeness (QED) is 0.606. The predicted molar refractivity (Wildman–Crippen MR) is 127 cm³/mol. The zero-order valence-corrected chi connectivity index (χ0v) is 19.6. The molecule has 6 nitrogen and oxygen atoms in total. The molecule has 1 N–H and O–H groups in total. The van der Waals surface area contributed by atoms with Crippen molar-refractivity contribution in [3.05, 3.63) is 59.9 Å². The third-order valence-corrected chi connectivity index (χ3v) is 6.96. The highest BCUT2D eigenvalue weighted by atomic mass is 32.2. The normalized spacial score (nSPS) is 15.3. The first-order valence-corrected chi connectivity index (χ1v) is 13.0. The molecule has 0 aromatic heterocycles. The van der Waals surface area contributed by atoms with Gasteiger partial charge in [0.1, 0.15) is 5.82 Å². The minimum atomic E-state index is -3.66. The number of hydrogen-bond acceptors (Lipinski definition) is 4. The van der Waals surface area contributed by atoms with E-state index in [-0.39, 0.29) is 37.0 Å². The fraction of sp³-hybridized carbons (Fsp3) is 0.458. The monoisotopic (exact) mass is 461 g/mol. The Kier molecular flexibility index (Phi) is 8.12. The van der Waals surface area contributed by atoms with Gasteiger partial charge in [-0.05, 0) is 62.4 Å². The molecule has 1 fully saturated rings. The van der Waals surface area contributed by atoms with Crippen molar-refractivity contribution in [3.8, 4) is 0 Å². The van der Waals surface area contributed by atoms with Gasteiger partial charge in [-0.3, -0.25) is 9.10 Å². The van der Waals surface area contributed by atoms with E-state index >= 15 is 0 Å². The molecule has 1 atom stereocenters. The Bertz CT molecular complexity index is 1010. The van der Waals surface area contributed by atoms with E-state index in [9.17, 15) is 17.6 Å². The van der Waals surface area contributed by atoms with Gasteiger partial charge in [0.15, 0.2) is 0 Å². The lowest BCUT2D eigenvalue weighted by molar-refractivity contribution is -0.121. The second-order valence-corrected chi connectivity index (χ2v) is 10.2. The average Bonchev–Trinajstić information content (AvgIpc) is 2.77. The summed E-state index contributed by atoms with van der Waals surface area (Å²) < 4.78 is 39.3. The van der Waals surface area contributed by atoms with Gasteiger partial charge >= 0.3 is 0 Å². The maximum Gasteiger partial charge on any atom is 0.232 e. The van der Waals surface area contributed by atoms with Gasteiger partial charge in [0.05, 0.1) is 18.0 Å². The molecule has 0 saturated carbocycles. The van der Waals surface area contributed by atoms with Gasteiger partial charge in [-0.2, -0.15) is 0 Å². The van der Waals surface area contributed by atoms with E-state index in [1.807, 2.05) is 19.1 Å². The smallest absolute Gasteiger partial charge is 0.232 e. The van der Waals surface area contributed by atoms with Gasteiger partial charge in [0.25, 0.3) is 0 Å². The zero-order chi connectivity index (χ0) is 23.1. The van der Waals surface area contributed by atoms with Crippen LogP contribution in [0.25, 0.3) is 0 Å². The molecule has 1 aliphatic rings. The van der Waals surface area contributed by atoms with Gasteiger partial charge in [-0.1, -0.05) is 24.3 Å². The Morgan fingerprint density at radius 1 is 1.09 bits per heavy atom. The number of para-hydroxylation sites is 1. The molecule has 0 spiro atoms. The summed E-state index contributed by atoms with van der Waals surface area (Å²) in [6.45, 7) is 4.13. The molecule has 2 aromatic rings. The maximum atomic E-state index is 14.1. The van der Waals surface area contributed by atoms with Crippen molar-refractivity contribution in [3.63, 3.8) is 0 Å². The minimum Gasteiger partial charge on any atom is -0.372 e. The highest BCUT2D eigenvalue weighted by molar-refractivity contribution is 7.92. The van der Waals surface area contributed by atoms with Crippen LogP contribution in [-0.4, -0.2) is 40.2 Å². The molecule has 0 radical (unpaired) electrons. The number of amides is 1. The number of sulfonamides is 1. The molecule has 0 aliphatic carbocycles. The summed E-state index contributed by atoms with van der Waals surface area (Å²) in [5.74, 6) is -0.774. The number of nitrogens with one attached hydrogen (secondary N) is 1. The number of carbonyl (C=O) groups is 1. The molecule has 1 heterocycles. The Labute approximate surface area is 190 Å². The lowest BCUT2D eigenvalue weighted by Crippen LogP contribution is -2.33. The second kappa shape index (κ2) is 10.8. The molecular formula is C24H32FN3O3S. The number of halogens is 1. The van der Waals surface area contributed by atoms with E-state index in [1.54, 1.807) is 6.07 Å². The summed E-state index contributed by atoms with van der Waals surface area (Å²) in [6, 6.07) is 13.9. The molecule has 3 rings (SSSR count). The van der Waals surface area contributed by atoms with Crippen LogP contribution in [0.2, 0.25) is 0 Å². The van der Waals surface area contributed by atoms with Crippen LogP contribution in [-0.2, 0) is 14.8 Å². The Hall–Kier alpha value is -2.61. The summed E-state index contributed by atoms with van der Waals surface area (Å²) in [7, 11) is -3.66. The third kappa shape index (κ3) is 6.45. The SMILES string of the molecule is C[C@@H](NC(=O)CCCN(c1ccccc1F)S(C)(=O)=O)c1ccc(N2CCCCC2)cc1. The van der Waals surface area contributed by atoms with Crippen molar-refractivity contribution in [2.24, 2.45) is 0 Å². The number of rotatable bonds is 9. The topological polar surface area (TPSA) is 69.7 Å². The molecule has 1 saturated heterocycles. The van der Waals surface area contributed by atoms with Crippen LogP contribution < -0.4 is 14.5 Å². The zero-order valence-electron chi connectivity index (χ0n) is 18.8. The number of carbonyl (C=O) groups excluding carboxylic acids is 1. The van der Waals surface area contributed by atoms with Crippen molar-refractivity contribution in [2.75, 3.05) is 35.1 Å². The standard InChI is InChI=1S/C24H32FN3O3S/c1-19(20-12-14-21(15-13-20)27-16-6-3-7-17-27)26-24(29)11-8-18-28(32(2,30)31)23-10-5-4-9-22(23)25/h4-5,9-10,12-15,19H,3,6-8,11,16-18H2,1-2H3,(H,26,29)/t19-/m1/s1. The fourth-order valence-corrected chi connectivity index (χ4v) is 4.99. The van der Waals surface area contributed by atoms with Gasteiger partial charge in [-0.25, -0.2) is 12.8 Å². The van der Waals surface area contributed by atoms with E-state index in [0.29, 0.717) is 0 Å². The van der Waals surface area contributed by atoms with Crippen LogP contribution in [0.1, 0.15) is 50.6 Å². The number of nitrogens with zero attached hydrogens (tertiary/aromatic N) is 2. The maximum absolute atomic E-state index is 14.1. The molecule has 1 aliphatic heterocycles. The minimum absolute atomic E-state index is 0.00225. The largest absolute Gasteiger partial charge is 0.372 e. The highest BCUT2D eigenvalue weighted by Gasteiger charge is 2.21. The van der Waals surface area contributed by atoms with Gasteiger partial charge in [0.2, 0.25) is 15.9 Å². The van der Waals surface area contributed by atoms with Gasteiger partial charge in [0, 0.05) is 31.7 Å². The molecule has 0 bridgehead atoms. The van der Waals surface area contributed by atoms with Crippen LogP contribution >= 0.6 is 0 Å². The van der Waals surface area contributed by atoms with Crippen LogP contribution in [0.15, 0.2) is 48.5 Å². The van der Waals surface area contributed by atoms with Crippen molar-refractivity contribution in [2.45, 2.75) is 45.1 Å². The second-order valence-electron chi connectivity index (χ2n) is 8.32. The first-order chi connectivity index (χ1) is 15.3. The lowest BCUT2D eigenvalue weighted by Gasteiger charge is -2.29. The summed E-state index contributed by atoms with van der Waals surface area (Å²) in [5, 5.41) is 2.96. The molecule has 0 unspecified atom stereocenters. The van der Waals surface area contributed by atoms with E-state index in [2.05, 4.69) is 22.3 Å². The average molecular weight is 462 g/mol. The van der Waals surface area contributed by atoms with E-state index in [0.717, 1.165) is 29.2 Å². The third-order valence-electron chi connectivity index (χ3n) is 5.78. The van der Waals surface area contributed by atoms with Crippen LogP contribution in [0.3, 0.4) is 0 Å². The van der Waals surface area contributed by atoms with E-state index < -0.39 is 15.8 Å². The van der Waals surface area contributed by atoms with Crippen LogP contribution in [0.4, 0.5) is 15.8 Å².